The van der Waals surface area contributed by atoms with Gasteiger partial charge in [0.15, 0.2) is 0 Å². The van der Waals surface area contributed by atoms with E-state index in [0.29, 0.717) is 17.8 Å². The van der Waals surface area contributed by atoms with E-state index < -0.39 is 0 Å². The van der Waals surface area contributed by atoms with Crippen LogP contribution >= 0.6 is 11.3 Å². The zero-order valence-corrected chi connectivity index (χ0v) is 14.5. The number of hydrogen-bond acceptors (Lipinski definition) is 4. The van der Waals surface area contributed by atoms with Gasteiger partial charge in [-0.2, -0.15) is 0 Å². The number of rotatable bonds is 7. The second-order valence-corrected chi connectivity index (χ2v) is 6.56. The quantitative estimate of drug-likeness (QED) is 0.846. The summed E-state index contributed by atoms with van der Waals surface area (Å²) in [6, 6.07) is 6.36. The van der Waals surface area contributed by atoms with Gasteiger partial charge in [0, 0.05) is 19.5 Å². The molecule has 2 rings (SSSR count). The van der Waals surface area contributed by atoms with E-state index in [0.717, 1.165) is 29.4 Å². The van der Waals surface area contributed by atoms with Crippen LogP contribution in [0.1, 0.15) is 32.9 Å². The maximum atomic E-state index is 12.9. The van der Waals surface area contributed by atoms with Crippen LogP contribution in [0.25, 0.3) is 0 Å². The van der Waals surface area contributed by atoms with Crippen molar-refractivity contribution in [1.29, 1.82) is 0 Å². The minimum atomic E-state index is -0.249. The molecule has 124 valence electrons. The van der Waals surface area contributed by atoms with Crippen LogP contribution in [0.5, 0.6) is 0 Å². The van der Waals surface area contributed by atoms with Crippen LogP contribution in [0.2, 0.25) is 0 Å². The van der Waals surface area contributed by atoms with Gasteiger partial charge in [-0.3, -0.25) is 4.79 Å². The van der Waals surface area contributed by atoms with Crippen LogP contribution in [0.3, 0.4) is 0 Å². The first-order chi connectivity index (χ1) is 11.0. The molecule has 1 N–H and O–H groups in total. The molecular formula is C17H22FN3OS. The van der Waals surface area contributed by atoms with Gasteiger partial charge in [0.1, 0.15) is 10.7 Å². The van der Waals surface area contributed by atoms with Gasteiger partial charge >= 0.3 is 0 Å². The molecule has 2 aromatic rings. The summed E-state index contributed by atoms with van der Waals surface area (Å²) in [5, 5.41) is 3.80. The summed E-state index contributed by atoms with van der Waals surface area (Å²) >= 11 is 1.40. The van der Waals surface area contributed by atoms with Gasteiger partial charge in [0.05, 0.1) is 10.7 Å². The van der Waals surface area contributed by atoms with Crippen molar-refractivity contribution in [1.82, 2.24) is 15.2 Å². The summed E-state index contributed by atoms with van der Waals surface area (Å²) in [5.74, 6) is -0.323. The molecule has 1 aromatic carbocycles. The van der Waals surface area contributed by atoms with Gasteiger partial charge in [-0.15, -0.1) is 11.3 Å². The van der Waals surface area contributed by atoms with Gasteiger partial charge in [0.2, 0.25) is 0 Å². The first-order valence-corrected chi connectivity index (χ1v) is 8.48. The van der Waals surface area contributed by atoms with Crippen LogP contribution in [-0.4, -0.2) is 42.5 Å². The van der Waals surface area contributed by atoms with Crippen molar-refractivity contribution < 1.29 is 9.18 Å². The van der Waals surface area contributed by atoms with Crippen molar-refractivity contribution in [2.45, 2.75) is 20.3 Å². The van der Waals surface area contributed by atoms with E-state index in [1.54, 1.807) is 12.1 Å². The number of amides is 1. The number of carbonyl (C=O) groups is 1. The van der Waals surface area contributed by atoms with E-state index in [4.69, 9.17) is 0 Å². The number of hydrogen-bond donors (Lipinski definition) is 1. The second kappa shape index (κ2) is 8.17. The monoisotopic (exact) mass is 335 g/mol. The van der Waals surface area contributed by atoms with Gasteiger partial charge < -0.3 is 10.2 Å². The molecule has 23 heavy (non-hydrogen) atoms. The first-order valence-electron chi connectivity index (χ1n) is 7.67. The van der Waals surface area contributed by atoms with Crippen LogP contribution in [0, 0.1) is 12.7 Å². The molecule has 0 unspecified atom stereocenters. The fourth-order valence-corrected chi connectivity index (χ4v) is 3.13. The minimum absolute atomic E-state index is 0.0742. The van der Waals surface area contributed by atoms with E-state index in [-0.39, 0.29) is 11.7 Å². The molecule has 1 amide bonds. The topological polar surface area (TPSA) is 45.2 Å². The molecule has 1 aromatic heterocycles. The first kappa shape index (κ1) is 17.6. The van der Waals surface area contributed by atoms with Gasteiger partial charge in [-0.05, 0) is 38.2 Å². The Morgan fingerprint density at radius 1 is 1.35 bits per heavy atom. The normalized spacial score (nSPS) is 11.0. The molecule has 0 spiro atoms. The Hall–Kier alpha value is -1.79. The van der Waals surface area contributed by atoms with E-state index in [9.17, 15) is 9.18 Å². The molecular weight excluding hydrogens is 313 g/mol. The van der Waals surface area contributed by atoms with Crippen molar-refractivity contribution in [3.8, 4) is 0 Å². The van der Waals surface area contributed by atoms with Crippen LogP contribution in [-0.2, 0) is 6.42 Å². The molecule has 0 aliphatic carbocycles. The third-order valence-electron chi connectivity index (χ3n) is 3.63. The fourth-order valence-electron chi connectivity index (χ4n) is 2.11. The van der Waals surface area contributed by atoms with E-state index in [2.05, 4.69) is 22.1 Å². The Kier molecular flexibility index (Phi) is 6.24. The smallest absolute Gasteiger partial charge is 0.263 e. The second-order valence-electron chi connectivity index (χ2n) is 5.48. The van der Waals surface area contributed by atoms with Gasteiger partial charge in [-0.1, -0.05) is 19.1 Å². The Morgan fingerprint density at radius 2 is 2.04 bits per heavy atom. The number of aromatic nitrogens is 1. The Morgan fingerprint density at radius 3 is 2.70 bits per heavy atom. The van der Waals surface area contributed by atoms with Crippen molar-refractivity contribution in [2.24, 2.45) is 0 Å². The molecule has 0 fully saturated rings. The van der Waals surface area contributed by atoms with E-state index in [1.807, 2.05) is 14.0 Å². The third kappa shape index (κ3) is 5.11. The van der Waals surface area contributed by atoms with Crippen molar-refractivity contribution in [2.75, 3.05) is 26.7 Å². The maximum Gasteiger partial charge on any atom is 0.263 e. The van der Waals surface area contributed by atoms with Gasteiger partial charge in [0.25, 0.3) is 5.91 Å². The number of nitrogens with zero attached hydrogens (tertiary/aromatic N) is 2. The average Bonchev–Trinajstić information content (AvgIpc) is 2.90. The molecule has 0 bridgehead atoms. The molecule has 0 saturated heterocycles. The van der Waals surface area contributed by atoms with E-state index in [1.165, 1.54) is 23.5 Å². The Bertz CT molecular complexity index is 654. The number of nitrogens with one attached hydrogen (secondary N) is 1. The van der Waals surface area contributed by atoms with Crippen molar-refractivity contribution >= 4 is 17.2 Å². The third-order valence-corrected chi connectivity index (χ3v) is 4.79. The molecule has 1 heterocycles. The minimum Gasteiger partial charge on any atom is -0.350 e. The number of thiazole rings is 1. The lowest BCUT2D eigenvalue weighted by Crippen LogP contribution is -2.32. The Balaban J connectivity index is 1.97. The number of benzene rings is 1. The number of carbonyl (C=O) groups excluding carboxylic acids is 1. The average molecular weight is 335 g/mol. The molecule has 0 radical (unpaired) electrons. The number of halogens is 1. The molecule has 4 nitrogen and oxygen atoms in total. The lowest BCUT2D eigenvalue weighted by Gasteiger charge is -2.13. The lowest BCUT2D eigenvalue weighted by molar-refractivity contribution is 0.0953. The van der Waals surface area contributed by atoms with Gasteiger partial charge in [-0.25, -0.2) is 9.37 Å². The maximum absolute atomic E-state index is 12.9. The number of likely N-dealkylation sites (N-methyl/N-ethyl adjacent to an activating group) is 1. The Labute approximate surface area is 140 Å². The molecule has 0 aliphatic rings. The SMILES string of the molecule is CCN(C)CCNC(=O)c1sc(Cc2ccc(F)cc2)nc1C. The zero-order chi connectivity index (χ0) is 16.8. The molecule has 0 saturated carbocycles. The molecule has 6 heteroatoms. The summed E-state index contributed by atoms with van der Waals surface area (Å²) in [6.07, 6.45) is 0.609. The van der Waals surface area contributed by atoms with Crippen molar-refractivity contribution in [3.63, 3.8) is 0 Å². The summed E-state index contributed by atoms with van der Waals surface area (Å²) < 4.78 is 12.9. The highest BCUT2D eigenvalue weighted by molar-refractivity contribution is 7.13. The number of aryl methyl sites for hydroxylation is 1. The highest BCUT2D eigenvalue weighted by Gasteiger charge is 2.15. The van der Waals surface area contributed by atoms with Crippen molar-refractivity contribution in [3.05, 3.63) is 51.2 Å². The predicted molar refractivity (Wildman–Crippen MR) is 91.6 cm³/mol. The highest BCUT2D eigenvalue weighted by Crippen LogP contribution is 2.21. The van der Waals surface area contributed by atoms with Crippen LogP contribution in [0.4, 0.5) is 4.39 Å². The highest BCUT2D eigenvalue weighted by atomic mass is 32.1. The summed E-state index contributed by atoms with van der Waals surface area (Å²) in [4.78, 5) is 19.5. The fraction of sp³-hybridized carbons (Fsp3) is 0.412. The zero-order valence-electron chi connectivity index (χ0n) is 13.7. The van der Waals surface area contributed by atoms with E-state index >= 15 is 0 Å². The standard InChI is InChI=1S/C17H22FN3OS/c1-4-21(3)10-9-19-17(22)16-12(2)20-15(23-16)11-13-5-7-14(18)8-6-13/h5-8H,4,9-11H2,1-3H3,(H,19,22). The lowest BCUT2D eigenvalue weighted by atomic mass is 10.1. The summed E-state index contributed by atoms with van der Waals surface area (Å²) in [5.41, 5.74) is 1.73. The summed E-state index contributed by atoms with van der Waals surface area (Å²) in [6.45, 7) is 6.32. The summed E-state index contributed by atoms with van der Waals surface area (Å²) in [7, 11) is 2.02. The predicted octanol–water partition coefficient (Wildman–Crippen LogP) is 2.86. The largest absolute Gasteiger partial charge is 0.350 e. The van der Waals surface area contributed by atoms with Crippen LogP contribution in [0.15, 0.2) is 24.3 Å². The van der Waals surface area contributed by atoms with Crippen LogP contribution < -0.4 is 5.32 Å². The molecule has 0 atom stereocenters. The molecule has 0 aliphatic heterocycles.